The van der Waals surface area contributed by atoms with E-state index in [1.165, 1.54) is 24.3 Å². The van der Waals surface area contributed by atoms with E-state index in [1.807, 2.05) is 6.92 Å². The zero-order valence-corrected chi connectivity index (χ0v) is 17.8. The summed E-state index contributed by atoms with van der Waals surface area (Å²) in [5.74, 6) is -1.63. The van der Waals surface area contributed by atoms with Crippen molar-refractivity contribution in [2.24, 2.45) is 10.8 Å². The molecule has 5 N–H and O–H groups in total. The number of carboxylic acid groups (broad SMARTS) is 1. The van der Waals surface area contributed by atoms with Crippen molar-refractivity contribution in [1.29, 1.82) is 0 Å². The number of nitrogens with zero attached hydrogens (tertiary/aromatic N) is 3. The van der Waals surface area contributed by atoms with Crippen molar-refractivity contribution < 1.29 is 23.1 Å². The van der Waals surface area contributed by atoms with Gasteiger partial charge in [0.05, 0.1) is 10.6 Å². The number of carboxylic acids is 1. The number of amides is 1. The minimum Gasteiger partial charge on any atom is -0.481 e. The number of primary amides is 1. The highest BCUT2D eigenvalue weighted by molar-refractivity contribution is 7.93. The molecule has 13 heteroatoms. The van der Waals surface area contributed by atoms with Gasteiger partial charge in [-0.3, -0.25) is 19.7 Å². The predicted molar refractivity (Wildman–Crippen MR) is 113 cm³/mol. The number of unbranched alkanes of at least 4 members (excludes halogenated alkanes) is 1. The van der Waals surface area contributed by atoms with Crippen molar-refractivity contribution in [1.82, 2.24) is 10.2 Å². The number of nitrogens with two attached hydrogens (primary N) is 1. The monoisotopic (exact) mass is 454 g/mol. The molecule has 0 aliphatic heterocycles. The van der Waals surface area contributed by atoms with Crippen molar-refractivity contribution in [3.05, 3.63) is 29.3 Å². The fraction of sp³-hybridized carbons (Fsp3) is 0.353. The van der Waals surface area contributed by atoms with Crippen LogP contribution >= 0.6 is 11.3 Å². The van der Waals surface area contributed by atoms with Crippen LogP contribution < -0.4 is 15.9 Å². The molecule has 0 atom stereocenters. The van der Waals surface area contributed by atoms with Crippen LogP contribution in [0.2, 0.25) is 0 Å². The lowest BCUT2D eigenvalue weighted by Gasteiger charge is -2.07. The molecule has 0 saturated carbocycles. The van der Waals surface area contributed by atoms with Crippen molar-refractivity contribution in [2.75, 3.05) is 10.1 Å². The van der Waals surface area contributed by atoms with E-state index in [2.05, 4.69) is 25.4 Å². The number of aliphatic carboxylic acids is 1. The summed E-state index contributed by atoms with van der Waals surface area (Å²) >= 11 is 1.16. The fourth-order valence-electron chi connectivity index (χ4n) is 2.26. The second-order valence-electron chi connectivity index (χ2n) is 6.12. The number of carbonyl (C=O) groups excluding carboxylic acids is 1. The highest BCUT2D eigenvalue weighted by atomic mass is 32.2. The Morgan fingerprint density at radius 2 is 1.83 bits per heavy atom. The summed E-state index contributed by atoms with van der Waals surface area (Å²) in [7, 11) is -3.82. The first-order valence-electron chi connectivity index (χ1n) is 9.00. The number of nitrogens with one attached hydrogen (secondary N) is 2. The number of hydrogen-bond donors (Lipinski definition) is 4. The summed E-state index contributed by atoms with van der Waals surface area (Å²) in [5, 5.41) is 21.1. The zero-order valence-electron chi connectivity index (χ0n) is 16.2. The minimum atomic E-state index is -3.82. The Kier molecular flexibility index (Phi) is 8.24. The number of aryl methyl sites for hydroxylation is 1. The number of sulfonamides is 1. The van der Waals surface area contributed by atoms with Crippen LogP contribution in [0.3, 0.4) is 0 Å². The molecular formula is C17H22N6O5S2. The third-order valence-corrected chi connectivity index (χ3v) is 6.28. The molecule has 1 amide bonds. The molecule has 0 unspecified atom stereocenters. The molecule has 0 bridgehead atoms. The Labute approximate surface area is 177 Å². The van der Waals surface area contributed by atoms with E-state index in [1.54, 1.807) is 0 Å². The quantitative estimate of drug-likeness (QED) is 0.213. The summed E-state index contributed by atoms with van der Waals surface area (Å²) < 4.78 is 27.3. The van der Waals surface area contributed by atoms with Gasteiger partial charge in [0.1, 0.15) is 10.7 Å². The van der Waals surface area contributed by atoms with Crippen LogP contribution in [0, 0.1) is 0 Å². The van der Waals surface area contributed by atoms with Gasteiger partial charge in [-0.1, -0.05) is 18.3 Å². The van der Waals surface area contributed by atoms with Gasteiger partial charge in [0.25, 0.3) is 15.9 Å². The average molecular weight is 455 g/mol. The van der Waals surface area contributed by atoms with E-state index >= 15 is 0 Å². The number of benzene rings is 1. The molecule has 0 aliphatic rings. The lowest BCUT2D eigenvalue weighted by atomic mass is 10.1. The van der Waals surface area contributed by atoms with Crippen LogP contribution in [-0.2, 0) is 26.0 Å². The van der Waals surface area contributed by atoms with Crippen LogP contribution in [0.5, 0.6) is 0 Å². The van der Waals surface area contributed by atoms with Gasteiger partial charge < -0.3 is 10.8 Å². The average Bonchev–Trinajstić information content (AvgIpc) is 3.14. The molecule has 0 fully saturated rings. The number of carbonyl (C=O) groups is 2. The fourth-order valence-corrected chi connectivity index (χ4v) is 4.16. The van der Waals surface area contributed by atoms with Gasteiger partial charge in [-0.15, -0.1) is 10.2 Å². The van der Waals surface area contributed by atoms with Gasteiger partial charge in [-0.25, -0.2) is 8.42 Å². The van der Waals surface area contributed by atoms with E-state index in [9.17, 15) is 18.0 Å². The van der Waals surface area contributed by atoms with Crippen molar-refractivity contribution in [2.45, 2.75) is 43.9 Å². The molecule has 2 aromatic rings. The van der Waals surface area contributed by atoms with Crippen molar-refractivity contribution in [3.8, 4) is 0 Å². The Morgan fingerprint density at radius 3 is 2.40 bits per heavy atom. The number of hydrogen-bond acceptors (Lipinski definition) is 9. The smallest absolute Gasteiger partial charge is 0.303 e. The summed E-state index contributed by atoms with van der Waals surface area (Å²) in [5.41, 5.74) is 8.45. The van der Waals surface area contributed by atoms with Crippen LogP contribution in [0.15, 0.2) is 34.3 Å². The maximum Gasteiger partial charge on any atom is 0.303 e. The molecule has 162 valence electrons. The number of rotatable bonds is 12. The molecule has 1 aromatic heterocycles. The predicted octanol–water partition coefficient (Wildman–Crippen LogP) is 1.80. The summed E-state index contributed by atoms with van der Waals surface area (Å²) in [6.45, 7) is 1.90. The third-order valence-electron chi connectivity index (χ3n) is 3.81. The number of anilines is 2. The minimum absolute atomic E-state index is 0.000251. The van der Waals surface area contributed by atoms with E-state index < -0.39 is 21.9 Å². The Balaban J connectivity index is 2.00. The highest BCUT2D eigenvalue weighted by Gasteiger charge is 2.16. The van der Waals surface area contributed by atoms with Crippen LogP contribution in [0.1, 0.15) is 37.6 Å². The van der Waals surface area contributed by atoms with Gasteiger partial charge in [-0.05, 0) is 49.9 Å². The maximum absolute atomic E-state index is 12.4. The van der Waals surface area contributed by atoms with Gasteiger partial charge in [0.15, 0.2) is 0 Å². The number of aromatic nitrogens is 2. The first-order valence-corrected chi connectivity index (χ1v) is 11.3. The lowest BCUT2D eigenvalue weighted by Crippen LogP contribution is -2.24. The molecule has 0 aliphatic carbocycles. The van der Waals surface area contributed by atoms with Gasteiger partial charge in [0.2, 0.25) is 5.13 Å². The Bertz CT molecular complexity index is 1020. The SMILES string of the molecule is CCc1nnc(NS(=O)(=O)c2ccc(NN=C(CCCCC(=O)O)C(N)=O)cc2)s1. The normalized spacial score (nSPS) is 11.8. The molecule has 0 radical (unpaired) electrons. The molecular weight excluding hydrogens is 432 g/mol. The van der Waals surface area contributed by atoms with E-state index in [0.717, 1.165) is 16.3 Å². The zero-order chi connectivity index (χ0) is 22.1. The molecule has 30 heavy (non-hydrogen) atoms. The van der Waals surface area contributed by atoms with Gasteiger partial charge in [-0.2, -0.15) is 5.10 Å². The summed E-state index contributed by atoms with van der Waals surface area (Å²) in [6, 6.07) is 5.72. The van der Waals surface area contributed by atoms with Crippen LogP contribution in [0.4, 0.5) is 10.8 Å². The van der Waals surface area contributed by atoms with E-state index in [-0.39, 0.29) is 28.6 Å². The molecule has 2 rings (SSSR count). The number of hydrazone groups is 1. The van der Waals surface area contributed by atoms with Crippen molar-refractivity contribution >= 4 is 49.8 Å². The summed E-state index contributed by atoms with van der Waals surface area (Å²) in [4.78, 5) is 22.0. The Morgan fingerprint density at radius 1 is 1.17 bits per heavy atom. The molecule has 1 aromatic carbocycles. The first-order chi connectivity index (χ1) is 14.2. The van der Waals surface area contributed by atoms with Crippen LogP contribution in [0.25, 0.3) is 0 Å². The molecule has 0 spiro atoms. The van der Waals surface area contributed by atoms with Crippen LogP contribution in [-0.4, -0.2) is 41.3 Å². The molecule has 1 heterocycles. The van der Waals surface area contributed by atoms with Crippen molar-refractivity contribution in [3.63, 3.8) is 0 Å². The highest BCUT2D eigenvalue weighted by Crippen LogP contribution is 2.21. The Hall–Kier alpha value is -3.06. The van der Waals surface area contributed by atoms with E-state index in [4.69, 9.17) is 10.8 Å². The first kappa shape index (κ1) is 23.2. The standard InChI is InChI=1S/C17H22N6O5S2/c1-2-14-21-22-17(29-14)23-30(27,28)12-9-7-11(8-10-12)19-20-13(16(18)26)5-3-4-6-15(24)25/h7-10,19H,2-6H2,1H3,(H2,18,26)(H,22,23)(H,24,25). The maximum atomic E-state index is 12.4. The lowest BCUT2D eigenvalue weighted by molar-refractivity contribution is -0.137. The second kappa shape index (κ2) is 10.6. The second-order valence-corrected chi connectivity index (χ2v) is 8.86. The largest absolute Gasteiger partial charge is 0.481 e. The van der Waals surface area contributed by atoms with E-state index in [0.29, 0.717) is 24.9 Å². The third kappa shape index (κ3) is 7.08. The topological polar surface area (TPSA) is 177 Å². The van der Waals surface area contributed by atoms with Gasteiger partial charge in [0, 0.05) is 6.42 Å². The molecule has 11 nitrogen and oxygen atoms in total. The molecule has 0 saturated heterocycles. The van der Waals surface area contributed by atoms with Gasteiger partial charge >= 0.3 is 5.97 Å². The summed E-state index contributed by atoms with van der Waals surface area (Å²) in [6.07, 6.45) is 1.74.